The lowest BCUT2D eigenvalue weighted by Gasteiger charge is -1.99. The van der Waals surface area contributed by atoms with Crippen molar-refractivity contribution in [3.05, 3.63) is 106 Å². The van der Waals surface area contributed by atoms with Crippen LogP contribution in [0.15, 0.2) is 72.8 Å². The quantitative estimate of drug-likeness (QED) is 0.473. The molecule has 0 heterocycles. The van der Waals surface area contributed by atoms with Crippen molar-refractivity contribution < 1.29 is 0 Å². The molecule has 3 aromatic carbocycles. The van der Waals surface area contributed by atoms with Crippen molar-refractivity contribution in [1.29, 1.82) is 0 Å². The Bertz CT molecular complexity index is 847. The van der Waals surface area contributed by atoms with E-state index in [9.17, 15) is 0 Å². The molecule has 0 aliphatic rings. The van der Waals surface area contributed by atoms with Gasteiger partial charge in [0, 0.05) is 0 Å². The molecule has 0 bridgehead atoms. The van der Waals surface area contributed by atoms with Crippen molar-refractivity contribution >= 4 is 24.3 Å². The molecule has 0 spiro atoms. The van der Waals surface area contributed by atoms with Gasteiger partial charge in [0.25, 0.3) is 0 Å². The molecule has 0 aliphatic heterocycles. The first-order chi connectivity index (χ1) is 11.7. The second-order valence-electron chi connectivity index (χ2n) is 6.16. The van der Waals surface area contributed by atoms with Gasteiger partial charge in [0.05, 0.1) is 0 Å². The van der Waals surface area contributed by atoms with Gasteiger partial charge >= 0.3 is 0 Å². The van der Waals surface area contributed by atoms with Crippen molar-refractivity contribution in [3.63, 3.8) is 0 Å². The highest BCUT2D eigenvalue weighted by atomic mass is 14.0. The first-order valence-corrected chi connectivity index (χ1v) is 8.29. The molecule has 0 aromatic heterocycles. The Balaban J connectivity index is 1.68. The molecule has 0 aliphatic carbocycles. The van der Waals surface area contributed by atoms with E-state index in [0.717, 1.165) is 0 Å². The van der Waals surface area contributed by atoms with Crippen molar-refractivity contribution in [2.24, 2.45) is 0 Å². The Kier molecular flexibility index (Phi) is 5.08. The summed E-state index contributed by atoms with van der Waals surface area (Å²) < 4.78 is 0. The Morgan fingerprint density at radius 3 is 1.42 bits per heavy atom. The molecule has 0 N–H and O–H groups in total. The second-order valence-corrected chi connectivity index (χ2v) is 6.16. The molecule has 0 fully saturated rings. The van der Waals surface area contributed by atoms with Crippen LogP contribution in [0.3, 0.4) is 0 Å². The summed E-state index contributed by atoms with van der Waals surface area (Å²) in [6.07, 6.45) is 8.61. The molecule has 0 atom stereocenters. The standard InChI is InChI=1S/C24H22/c1-19-6-8-21(9-7-19)10-11-22-12-14-23(15-13-22)16-17-24-5-3-4-20(2)18-24/h3-18H,1-2H3/b11-10+,17-16+. The van der Waals surface area contributed by atoms with Gasteiger partial charge in [0.15, 0.2) is 0 Å². The predicted molar refractivity (Wildman–Crippen MR) is 107 cm³/mol. The third-order valence-electron chi connectivity index (χ3n) is 3.99. The van der Waals surface area contributed by atoms with E-state index >= 15 is 0 Å². The average Bonchev–Trinajstić information content (AvgIpc) is 2.60. The van der Waals surface area contributed by atoms with E-state index in [4.69, 9.17) is 0 Å². The van der Waals surface area contributed by atoms with Crippen LogP contribution in [0.4, 0.5) is 0 Å². The second kappa shape index (κ2) is 7.61. The van der Waals surface area contributed by atoms with Gasteiger partial charge in [-0.25, -0.2) is 0 Å². The Labute approximate surface area is 144 Å². The van der Waals surface area contributed by atoms with Crippen molar-refractivity contribution in [2.75, 3.05) is 0 Å². The van der Waals surface area contributed by atoms with Crippen LogP contribution in [-0.2, 0) is 0 Å². The fourth-order valence-corrected chi connectivity index (χ4v) is 2.55. The van der Waals surface area contributed by atoms with Crippen molar-refractivity contribution in [1.82, 2.24) is 0 Å². The maximum absolute atomic E-state index is 2.19. The Hall–Kier alpha value is -2.86. The molecule has 0 unspecified atom stereocenters. The monoisotopic (exact) mass is 310 g/mol. The molecule has 3 aromatic rings. The summed E-state index contributed by atoms with van der Waals surface area (Å²) in [6.45, 7) is 4.23. The van der Waals surface area contributed by atoms with E-state index in [1.165, 1.54) is 33.4 Å². The van der Waals surface area contributed by atoms with Gasteiger partial charge in [-0.15, -0.1) is 0 Å². The largest absolute Gasteiger partial charge is 0.0614 e. The summed E-state index contributed by atoms with van der Waals surface area (Å²) >= 11 is 0. The minimum atomic E-state index is 1.21. The van der Waals surface area contributed by atoms with Crippen LogP contribution in [0.5, 0.6) is 0 Å². The van der Waals surface area contributed by atoms with Crippen LogP contribution in [0.25, 0.3) is 24.3 Å². The SMILES string of the molecule is Cc1ccc(/C=C/c2ccc(/C=C/c3cccc(C)c3)cc2)cc1. The number of aryl methyl sites for hydroxylation is 2. The van der Waals surface area contributed by atoms with Crippen molar-refractivity contribution in [2.45, 2.75) is 13.8 Å². The molecule has 0 saturated carbocycles. The Morgan fingerprint density at radius 2 is 0.917 bits per heavy atom. The third kappa shape index (κ3) is 4.57. The maximum atomic E-state index is 2.19. The highest BCUT2D eigenvalue weighted by molar-refractivity contribution is 5.73. The molecule has 0 heteroatoms. The van der Waals surface area contributed by atoms with Crippen LogP contribution in [0.2, 0.25) is 0 Å². The fraction of sp³-hybridized carbons (Fsp3) is 0.0833. The normalized spacial score (nSPS) is 11.4. The predicted octanol–water partition coefficient (Wildman–Crippen LogP) is 6.64. The van der Waals surface area contributed by atoms with Gasteiger partial charge in [0.1, 0.15) is 0 Å². The summed E-state index contributed by atoms with van der Waals surface area (Å²) in [5, 5.41) is 0. The molecular formula is C24H22. The zero-order chi connectivity index (χ0) is 16.8. The van der Waals surface area contributed by atoms with Gasteiger partial charge < -0.3 is 0 Å². The minimum absolute atomic E-state index is 1.21. The molecule has 118 valence electrons. The molecule has 0 nitrogen and oxygen atoms in total. The number of hydrogen-bond acceptors (Lipinski definition) is 0. The zero-order valence-corrected chi connectivity index (χ0v) is 14.2. The van der Waals surface area contributed by atoms with Gasteiger partial charge in [0.2, 0.25) is 0 Å². The topological polar surface area (TPSA) is 0 Å². The van der Waals surface area contributed by atoms with E-state index in [-0.39, 0.29) is 0 Å². The van der Waals surface area contributed by atoms with E-state index in [1.807, 2.05) is 0 Å². The Morgan fingerprint density at radius 1 is 0.458 bits per heavy atom. The first-order valence-electron chi connectivity index (χ1n) is 8.29. The van der Waals surface area contributed by atoms with Gasteiger partial charge in [-0.2, -0.15) is 0 Å². The number of rotatable bonds is 4. The summed E-state index contributed by atoms with van der Waals surface area (Å²) in [4.78, 5) is 0. The van der Waals surface area contributed by atoms with E-state index in [0.29, 0.717) is 0 Å². The van der Waals surface area contributed by atoms with Crippen LogP contribution in [0, 0.1) is 13.8 Å². The highest BCUT2D eigenvalue weighted by Crippen LogP contribution is 2.13. The lowest BCUT2D eigenvalue weighted by atomic mass is 10.1. The third-order valence-corrected chi connectivity index (χ3v) is 3.99. The molecule has 3 rings (SSSR count). The summed E-state index contributed by atoms with van der Waals surface area (Å²) in [5.74, 6) is 0. The molecule has 0 saturated heterocycles. The number of hydrogen-bond donors (Lipinski definition) is 0. The van der Waals surface area contributed by atoms with Crippen LogP contribution >= 0.6 is 0 Å². The van der Waals surface area contributed by atoms with Crippen LogP contribution < -0.4 is 0 Å². The van der Waals surface area contributed by atoms with Crippen LogP contribution in [0.1, 0.15) is 33.4 Å². The molecular weight excluding hydrogens is 288 g/mol. The van der Waals surface area contributed by atoms with Gasteiger partial charge in [-0.3, -0.25) is 0 Å². The summed E-state index contributed by atoms with van der Waals surface area (Å²) in [5.41, 5.74) is 7.46. The molecule has 24 heavy (non-hydrogen) atoms. The highest BCUT2D eigenvalue weighted by Gasteiger charge is 1.92. The first kappa shape index (κ1) is 16.0. The lowest BCUT2D eigenvalue weighted by Crippen LogP contribution is -1.77. The molecule has 0 radical (unpaired) electrons. The van der Waals surface area contributed by atoms with Crippen LogP contribution in [-0.4, -0.2) is 0 Å². The van der Waals surface area contributed by atoms with Crippen molar-refractivity contribution in [3.8, 4) is 0 Å². The summed E-state index contributed by atoms with van der Waals surface area (Å²) in [7, 11) is 0. The smallest absolute Gasteiger partial charge is 0.0254 e. The van der Waals surface area contributed by atoms with Gasteiger partial charge in [-0.05, 0) is 36.1 Å². The fourth-order valence-electron chi connectivity index (χ4n) is 2.55. The van der Waals surface area contributed by atoms with E-state index < -0.39 is 0 Å². The number of benzene rings is 3. The zero-order valence-electron chi connectivity index (χ0n) is 14.2. The molecule has 0 amide bonds. The summed E-state index contributed by atoms with van der Waals surface area (Å²) in [6, 6.07) is 25.7. The maximum Gasteiger partial charge on any atom is -0.0254 e. The van der Waals surface area contributed by atoms with Gasteiger partial charge in [-0.1, -0.05) is 108 Å². The minimum Gasteiger partial charge on any atom is -0.0614 e. The van der Waals surface area contributed by atoms with E-state index in [1.54, 1.807) is 0 Å². The average molecular weight is 310 g/mol. The lowest BCUT2D eigenvalue weighted by molar-refractivity contribution is 1.46. The van der Waals surface area contributed by atoms with E-state index in [2.05, 4.69) is 111 Å².